The zero-order chi connectivity index (χ0) is 13.7. The Hall–Kier alpha value is -0.870. The number of likely N-dealkylation sites (tertiary alicyclic amines) is 1. The lowest BCUT2D eigenvalue weighted by Gasteiger charge is -2.35. The minimum Gasteiger partial charge on any atom is -0.315 e. The van der Waals surface area contributed by atoms with Crippen LogP contribution in [0.15, 0.2) is 12.3 Å². The molecule has 1 aromatic heterocycles. The number of aromatic nitrogens is 2. The molecule has 2 rings (SSSR count). The number of hydrogen-bond donors (Lipinski definition) is 1. The standard InChI is InChI=1S/C15H28N4/c1-13(2)10-16-11-15-6-4-5-8-19(15)12-14-7-9-18(3)17-14/h7,9,13,15-16H,4-6,8,10-12H2,1-3H3. The first kappa shape index (κ1) is 14.5. The molecule has 1 fully saturated rings. The molecule has 1 atom stereocenters. The van der Waals surface area contributed by atoms with Gasteiger partial charge in [-0.15, -0.1) is 0 Å². The summed E-state index contributed by atoms with van der Waals surface area (Å²) in [6.45, 7) is 8.97. The Labute approximate surface area is 117 Å². The first-order chi connectivity index (χ1) is 9.15. The molecule has 19 heavy (non-hydrogen) atoms. The van der Waals surface area contributed by atoms with E-state index < -0.39 is 0 Å². The molecule has 2 heterocycles. The van der Waals surface area contributed by atoms with Gasteiger partial charge in [-0.25, -0.2) is 0 Å². The average Bonchev–Trinajstić information content (AvgIpc) is 2.77. The molecule has 0 aliphatic carbocycles. The fourth-order valence-corrected chi connectivity index (χ4v) is 2.79. The molecule has 0 amide bonds. The van der Waals surface area contributed by atoms with E-state index in [1.807, 2.05) is 17.9 Å². The van der Waals surface area contributed by atoms with Gasteiger partial charge in [-0.05, 0) is 37.9 Å². The number of hydrogen-bond acceptors (Lipinski definition) is 3. The van der Waals surface area contributed by atoms with E-state index in [2.05, 4.69) is 35.2 Å². The molecule has 1 aliphatic heterocycles. The van der Waals surface area contributed by atoms with Crippen molar-refractivity contribution in [3.63, 3.8) is 0 Å². The van der Waals surface area contributed by atoms with Gasteiger partial charge in [0.25, 0.3) is 0 Å². The Kier molecular flexibility index (Phi) is 5.40. The van der Waals surface area contributed by atoms with Crippen LogP contribution in [0, 0.1) is 5.92 Å². The van der Waals surface area contributed by atoms with Gasteiger partial charge in [-0.3, -0.25) is 9.58 Å². The minimum atomic E-state index is 0.675. The van der Waals surface area contributed by atoms with E-state index in [1.54, 1.807) is 0 Å². The van der Waals surface area contributed by atoms with Crippen LogP contribution in [0.25, 0.3) is 0 Å². The van der Waals surface area contributed by atoms with E-state index in [-0.39, 0.29) is 0 Å². The van der Waals surface area contributed by atoms with E-state index in [1.165, 1.54) is 31.5 Å². The maximum absolute atomic E-state index is 4.50. The highest BCUT2D eigenvalue weighted by atomic mass is 15.3. The monoisotopic (exact) mass is 264 g/mol. The van der Waals surface area contributed by atoms with Crippen molar-refractivity contribution in [1.82, 2.24) is 20.0 Å². The van der Waals surface area contributed by atoms with Gasteiger partial charge in [0, 0.05) is 32.4 Å². The zero-order valence-corrected chi connectivity index (χ0v) is 12.6. The third-order valence-electron chi connectivity index (χ3n) is 3.82. The summed E-state index contributed by atoms with van der Waals surface area (Å²) >= 11 is 0. The van der Waals surface area contributed by atoms with Crippen LogP contribution in [0.3, 0.4) is 0 Å². The van der Waals surface area contributed by atoms with E-state index in [4.69, 9.17) is 0 Å². The second-order valence-corrected chi connectivity index (χ2v) is 6.15. The van der Waals surface area contributed by atoms with E-state index >= 15 is 0 Å². The number of piperidine rings is 1. The summed E-state index contributed by atoms with van der Waals surface area (Å²) in [5.74, 6) is 0.729. The number of nitrogens with zero attached hydrogens (tertiary/aromatic N) is 3. The number of rotatable bonds is 6. The number of aryl methyl sites for hydroxylation is 1. The first-order valence-electron chi connectivity index (χ1n) is 7.58. The van der Waals surface area contributed by atoms with Crippen molar-refractivity contribution < 1.29 is 0 Å². The van der Waals surface area contributed by atoms with Crippen molar-refractivity contribution in [2.75, 3.05) is 19.6 Å². The van der Waals surface area contributed by atoms with Crippen LogP contribution >= 0.6 is 0 Å². The highest BCUT2D eigenvalue weighted by Crippen LogP contribution is 2.18. The highest BCUT2D eigenvalue weighted by Gasteiger charge is 2.22. The van der Waals surface area contributed by atoms with Crippen molar-refractivity contribution in [2.45, 2.75) is 45.7 Å². The molecule has 0 aromatic carbocycles. The second kappa shape index (κ2) is 7.06. The summed E-state index contributed by atoms with van der Waals surface area (Å²) in [4.78, 5) is 2.60. The van der Waals surface area contributed by atoms with Gasteiger partial charge in [-0.1, -0.05) is 20.3 Å². The van der Waals surface area contributed by atoms with Gasteiger partial charge in [0.2, 0.25) is 0 Å². The topological polar surface area (TPSA) is 33.1 Å². The molecular formula is C15H28N4. The maximum atomic E-state index is 4.50. The van der Waals surface area contributed by atoms with Crippen LogP contribution in [0.2, 0.25) is 0 Å². The van der Waals surface area contributed by atoms with Crippen molar-refractivity contribution in [3.8, 4) is 0 Å². The summed E-state index contributed by atoms with van der Waals surface area (Å²) in [5.41, 5.74) is 1.19. The summed E-state index contributed by atoms with van der Waals surface area (Å²) in [6, 6.07) is 2.81. The molecule has 0 saturated carbocycles. The van der Waals surface area contributed by atoms with Gasteiger partial charge < -0.3 is 5.32 Å². The molecule has 0 spiro atoms. The Morgan fingerprint density at radius 1 is 1.42 bits per heavy atom. The number of nitrogens with one attached hydrogen (secondary N) is 1. The summed E-state index contributed by atoms with van der Waals surface area (Å²) in [6.07, 6.45) is 6.05. The van der Waals surface area contributed by atoms with Crippen LogP contribution in [0.4, 0.5) is 0 Å². The van der Waals surface area contributed by atoms with Crippen molar-refractivity contribution >= 4 is 0 Å². The molecule has 108 valence electrons. The Bertz CT molecular complexity index is 372. The molecule has 4 heteroatoms. The van der Waals surface area contributed by atoms with Crippen molar-refractivity contribution in [1.29, 1.82) is 0 Å². The Morgan fingerprint density at radius 3 is 2.95 bits per heavy atom. The predicted molar refractivity (Wildman–Crippen MR) is 79.0 cm³/mol. The average molecular weight is 264 g/mol. The lowest BCUT2D eigenvalue weighted by molar-refractivity contribution is 0.135. The fraction of sp³-hybridized carbons (Fsp3) is 0.800. The highest BCUT2D eigenvalue weighted by molar-refractivity contribution is 4.99. The van der Waals surface area contributed by atoms with Crippen LogP contribution in [-0.2, 0) is 13.6 Å². The van der Waals surface area contributed by atoms with Crippen LogP contribution < -0.4 is 5.32 Å². The molecule has 1 unspecified atom stereocenters. The summed E-state index contributed by atoms with van der Waals surface area (Å²) in [7, 11) is 1.99. The largest absolute Gasteiger partial charge is 0.315 e. The van der Waals surface area contributed by atoms with E-state index in [0.717, 1.165) is 25.6 Å². The minimum absolute atomic E-state index is 0.675. The Morgan fingerprint density at radius 2 is 2.26 bits per heavy atom. The Balaban J connectivity index is 1.84. The van der Waals surface area contributed by atoms with Crippen molar-refractivity contribution in [2.24, 2.45) is 13.0 Å². The van der Waals surface area contributed by atoms with Crippen LogP contribution in [-0.4, -0.2) is 40.4 Å². The lowest BCUT2D eigenvalue weighted by atomic mass is 10.0. The third kappa shape index (κ3) is 4.62. The van der Waals surface area contributed by atoms with Crippen LogP contribution in [0.1, 0.15) is 38.8 Å². The molecule has 0 radical (unpaired) electrons. The molecule has 1 aliphatic rings. The van der Waals surface area contributed by atoms with Gasteiger partial charge in [0.05, 0.1) is 5.69 Å². The van der Waals surface area contributed by atoms with E-state index in [9.17, 15) is 0 Å². The second-order valence-electron chi connectivity index (χ2n) is 6.15. The quantitative estimate of drug-likeness (QED) is 0.853. The van der Waals surface area contributed by atoms with Crippen LogP contribution in [0.5, 0.6) is 0 Å². The van der Waals surface area contributed by atoms with Gasteiger partial charge in [-0.2, -0.15) is 5.10 Å². The van der Waals surface area contributed by atoms with E-state index in [0.29, 0.717) is 6.04 Å². The van der Waals surface area contributed by atoms with Gasteiger partial charge in [0.1, 0.15) is 0 Å². The first-order valence-corrected chi connectivity index (χ1v) is 7.58. The molecule has 1 saturated heterocycles. The third-order valence-corrected chi connectivity index (χ3v) is 3.82. The molecular weight excluding hydrogens is 236 g/mol. The lowest BCUT2D eigenvalue weighted by Crippen LogP contribution is -2.45. The van der Waals surface area contributed by atoms with Crippen molar-refractivity contribution in [3.05, 3.63) is 18.0 Å². The SMILES string of the molecule is CC(C)CNCC1CCCCN1Cc1ccn(C)n1. The normalized spacial score (nSPS) is 21.2. The maximum Gasteiger partial charge on any atom is 0.0764 e. The molecule has 0 bridgehead atoms. The fourth-order valence-electron chi connectivity index (χ4n) is 2.79. The zero-order valence-electron chi connectivity index (χ0n) is 12.6. The summed E-state index contributed by atoms with van der Waals surface area (Å²) in [5, 5.41) is 8.11. The summed E-state index contributed by atoms with van der Waals surface area (Å²) < 4.78 is 1.89. The van der Waals surface area contributed by atoms with Gasteiger partial charge >= 0.3 is 0 Å². The molecule has 1 N–H and O–H groups in total. The predicted octanol–water partition coefficient (Wildman–Crippen LogP) is 2.02. The molecule has 4 nitrogen and oxygen atoms in total. The molecule has 1 aromatic rings. The van der Waals surface area contributed by atoms with Gasteiger partial charge in [0.15, 0.2) is 0 Å². The smallest absolute Gasteiger partial charge is 0.0764 e.